The molecular weight excluding hydrogens is 529 g/mol. The van der Waals surface area contributed by atoms with Crippen molar-refractivity contribution in [1.29, 1.82) is 0 Å². The third-order valence-corrected chi connectivity index (χ3v) is 6.63. The summed E-state index contributed by atoms with van der Waals surface area (Å²) in [7, 11) is 1.06. The number of carbonyl (C=O) groups excluding carboxylic acids is 2. The van der Waals surface area contributed by atoms with E-state index in [-0.39, 0.29) is 28.7 Å². The molecular formula is C24H31F3N4O6S. The minimum atomic E-state index is -1.41. The summed E-state index contributed by atoms with van der Waals surface area (Å²) in [6.07, 6.45) is 2.90. The molecule has 38 heavy (non-hydrogen) atoms. The number of benzene rings is 1. The molecule has 0 aliphatic carbocycles. The largest absolute Gasteiger partial charge is 0.513 e. The zero-order valence-corrected chi connectivity index (χ0v) is 22.0. The summed E-state index contributed by atoms with van der Waals surface area (Å²) >= 11 is 0.683. The summed E-state index contributed by atoms with van der Waals surface area (Å²) in [6, 6.07) is 0.187. The predicted octanol–water partition coefficient (Wildman–Crippen LogP) is 4.34. The highest BCUT2D eigenvalue weighted by molar-refractivity contribution is 7.11. The summed E-state index contributed by atoms with van der Waals surface area (Å²) in [6.45, 7) is 3.31. The van der Waals surface area contributed by atoms with Crippen LogP contribution < -0.4 is 20.1 Å². The van der Waals surface area contributed by atoms with Gasteiger partial charge in [0.15, 0.2) is 16.6 Å². The molecule has 1 atom stereocenters. The van der Waals surface area contributed by atoms with E-state index in [0.717, 1.165) is 39.1 Å². The van der Waals surface area contributed by atoms with Gasteiger partial charge in [0.25, 0.3) is 5.88 Å². The van der Waals surface area contributed by atoms with Crippen LogP contribution in [0.1, 0.15) is 43.2 Å². The van der Waals surface area contributed by atoms with Gasteiger partial charge in [-0.2, -0.15) is 0 Å². The minimum Gasteiger partial charge on any atom is -0.469 e. The van der Waals surface area contributed by atoms with Crippen LogP contribution >= 0.6 is 11.5 Å². The number of carbonyl (C=O) groups is 2. The Morgan fingerprint density at radius 2 is 1.95 bits per heavy atom. The van der Waals surface area contributed by atoms with Crippen LogP contribution in [0.3, 0.4) is 0 Å². The Balaban J connectivity index is 1.55. The number of rotatable bonds is 11. The molecule has 210 valence electrons. The number of halogens is 3. The Morgan fingerprint density at radius 3 is 2.66 bits per heavy atom. The fraction of sp³-hybridized carbons (Fsp3) is 0.542. The second-order valence-electron chi connectivity index (χ2n) is 8.81. The third-order valence-electron chi connectivity index (χ3n) is 5.91. The Morgan fingerprint density at radius 1 is 1.21 bits per heavy atom. The van der Waals surface area contributed by atoms with Gasteiger partial charge in [-0.1, -0.05) is 6.42 Å². The molecule has 0 saturated carbocycles. The van der Waals surface area contributed by atoms with E-state index in [1.165, 1.54) is 13.3 Å². The number of aryl methyl sites for hydroxylation is 1. The fourth-order valence-electron chi connectivity index (χ4n) is 3.90. The molecule has 1 aliphatic heterocycles. The molecule has 2 amide bonds. The van der Waals surface area contributed by atoms with E-state index in [2.05, 4.69) is 24.6 Å². The van der Waals surface area contributed by atoms with Crippen LogP contribution in [0, 0.1) is 24.4 Å². The number of likely N-dealkylation sites (tertiary alicyclic amines) is 1. The van der Waals surface area contributed by atoms with Crippen molar-refractivity contribution in [2.24, 2.45) is 0 Å². The van der Waals surface area contributed by atoms with Crippen LogP contribution in [0.4, 0.5) is 27.8 Å². The number of piperidine rings is 1. The molecule has 1 aromatic carbocycles. The molecule has 10 nitrogen and oxygen atoms in total. The summed E-state index contributed by atoms with van der Waals surface area (Å²) in [4.78, 5) is 26.3. The van der Waals surface area contributed by atoms with Gasteiger partial charge in [-0.3, -0.25) is 5.32 Å². The van der Waals surface area contributed by atoms with Crippen molar-refractivity contribution in [1.82, 2.24) is 14.6 Å². The lowest BCUT2D eigenvalue weighted by atomic mass is 10.1. The van der Waals surface area contributed by atoms with E-state index < -0.39 is 47.9 Å². The molecule has 1 aromatic heterocycles. The standard InChI is InChI=1S/C24H31F3N4O6S/c1-14-11-17(25)16(19(27)18(14)26)13-36-21-20(37-24(34)35-2)22(38-30-21)29-23(33)28-8-6-7-15(32)12-31-9-4-3-5-10-31/h11,15,32H,3-10,12-13H2,1-2H3,(H2,28,29,33). The van der Waals surface area contributed by atoms with Crippen LogP contribution in [-0.2, 0) is 11.3 Å². The van der Waals surface area contributed by atoms with E-state index in [0.29, 0.717) is 30.9 Å². The first-order chi connectivity index (χ1) is 18.2. The Hall–Kier alpha value is -3.10. The molecule has 1 saturated heterocycles. The molecule has 3 N–H and O–H groups in total. The molecule has 1 unspecified atom stereocenters. The zero-order valence-electron chi connectivity index (χ0n) is 21.2. The molecule has 0 radical (unpaired) electrons. The van der Waals surface area contributed by atoms with Gasteiger partial charge in [0.05, 0.1) is 18.8 Å². The molecule has 1 fully saturated rings. The monoisotopic (exact) mass is 560 g/mol. The predicted molar refractivity (Wildman–Crippen MR) is 133 cm³/mol. The van der Waals surface area contributed by atoms with Gasteiger partial charge < -0.3 is 29.5 Å². The second-order valence-corrected chi connectivity index (χ2v) is 9.58. The number of amides is 2. The summed E-state index contributed by atoms with van der Waals surface area (Å²) in [5.41, 5.74) is -0.888. The molecule has 0 spiro atoms. The number of methoxy groups -OCH3 is 1. The number of β-amino-alcohol motifs (C(OH)–C–C–N with tert-alkyl or cyclic N) is 1. The van der Waals surface area contributed by atoms with Crippen LogP contribution in [0.25, 0.3) is 0 Å². The van der Waals surface area contributed by atoms with Gasteiger partial charge in [-0.05, 0) is 68.9 Å². The number of aromatic nitrogens is 1. The highest BCUT2D eigenvalue weighted by Crippen LogP contribution is 2.39. The highest BCUT2D eigenvalue weighted by Gasteiger charge is 2.24. The molecule has 2 heterocycles. The first kappa shape index (κ1) is 29.5. The Kier molecular flexibility index (Phi) is 11.0. The van der Waals surface area contributed by atoms with Crippen molar-refractivity contribution in [3.05, 3.63) is 34.6 Å². The number of anilines is 1. The Bertz CT molecular complexity index is 1110. The van der Waals surface area contributed by atoms with Crippen molar-refractivity contribution < 1.29 is 42.1 Å². The van der Waals surface area contributed by atoms with Crippen LogP contribution in [-0.4, -0.2) is 66.0 Å². The summed E-state index contributed by atoms with van der Waals surface area (Å²) < 4.78 is 60.9. The number of aliphatic hydroxyl groups is 1. The number of aliphatic hydroxyl groups excluding tert-OH is 1. The number of nitrogens with zero attached hydrogens (tertiary/aromatic N) is 2. The quantitative estimate of drug-likeness (QED) is 0.211. The van der Waals surface area contributed by atoms with Crippen molar-refractivity contribution in [3.8, 4) is 11.6 Å². The molecule has 1 aliphatic rings. The van der Waals surface area contributed by atoms with Gasteiger partial charge in [-0.15, -0.1) is 4.37 Å². The average molecular weight is 561 g/mol. The van der Waals surface area contributed by atoms with Crippen molar-refractivity contribution >= 4 is 28.7 Å². The number of ether oxygens (including phenoxy) is 3. The third kappa shape index (κ3) is 8.20. The highest BCUT2D eigenvalue weighted by atomic mass is 32.1. The molecule has 14 heteroatoms. The number of nitrogens with one attached hydrogen (secondary N) is 2. The smallest absolute Gasteiger partial charge is 0.469 e. The van der Waals surface area contributed by atoms with Crippen molar-refractivity contribution in [3.63, 3.8) is 0 Å². The first-order valence-electron chi connectivity index (χ1n) is 12.2. The first-order valence-corrected chi connectivity index (χ1v) is 12.9. The van der Waals surface area contributed by atoms with Crippen molar-refractivity contribution in [2.75, 3.05) is 38.6 Å². The molecule has 2 aromatic rings. The summed E-state index contributed by atoms with van der Waals surface area (Å²) in [5.74, 6) is -4.36. The van der Waals surface area contributed by atoms with Gasteiger partial charge in [-0.25, -0.2) is 22.8 Å². The maximum atomic E-state index is 14.2. The second kappa shape index (κ2) is 14.2. The fourth-order valence-corrected chi connectivity index (χ4v) is 4.56. The van der Waals surface area contributed by atoms with Gasteiger partial charge >= 0.3 is 12.2 Å². The lowest BCUT2D eigenvalue weighted by molar-refractivity contribution is 0.0933. The normalized spacial score (nSPS) is 14.6. The molecule has 3 rings (SSSR count). The number of hydrogen-bond donors (Lipinski definition) is 3. The van der Waals surface area contributed by atoms with Gasteiger partial charge in [0.2, 0.25) is 5.75 Å². The van der Waals surface area contributed by atoms with Crippen LogP contribution in [0.5, 0.6) is 11.6 Å². The van der Waals surface area contributed by atoms with Crippen LogP contribution in [0.2, 0.25) is 0 Å². The zero-order chi connectivity index (χ0) is 27.7. The van der Waals surface area contributed by atoms with Crippen LogP contribution in [0.15, 0.2) is 6.07 Å². The maximum Gasteiger partial charge on any atom is 0.513 e. The lowest BCUT2D eigenvalue weighted by Crippen LogP contribution is -2.37. The van der Waals surface area contributed by atoms with E-state index in [1.807, 2.05) is 0 Å². The SMILES string of the molecule is COC(=O)Oc1c(OCc2c(F)cc(C)c(F)c2F)nsc1NC(=O)NCCCC(O)CN1CCCCC1. The Labute approximate surface area is 222 Å². The summed E-state index contributed by atoms with van der Waals surface area (Å²) in [5, 5.41) is 15.3. The van der Waals surface area contributed by atoms with E-state index in [1.54, 1.807) is 0 Å². The van der Waals surface area contributed by atoms with E-state index >= 15 is 0 Å². The number of urea groups is 1. The van der Waals surface area contributed by atoms with Gasteiger partial charge in [0.1, 0.15) is 12.4 Å². The number of hydrogen-bond acceptors (Lipinski definition) is 9. The molecule has 0 bridgehead atoms. The maximum absolute atomic E-state index is 14.2. The van der Waals surface area contributed by atoms with E-state index in [4.69, 9.17) is 9.47 Å². The minimum absolute atomic E-state index is 0.0379. The van der Waals surface area contributed by atoms with Gasteiger partial charge in [0, 0.05) is 13.1 Å². The van der Waals surface area contributed by atoms with E-state index in [9.17, 15) is 27.9 Å². The lowest BCUT2D eigenvalue weighted by Gasteiger charge is -2.28. The van der Waals surface area contributed by atoms with Crippen molar-refractivity contribution in [2.45, 2.75) is 51.7 Å². The average Bonchev–Trinajstić information content (AvgIpc) is 3.26. The topological polar surface area (TPSA) is 122 Å².